The van der Waals surface area contributed by atoms with Crippen molar-refractivity contribution in [1.82, 2.24) is 0 Å². The number of ether oxygens (including phenoxy) is 3. The van der Waals surface area contributed by atoms with E-state index in [1.807, 2.05) is 55.5 Å². The average Bonchev–Trinajstić information content (AvgIpc) is 2.99. The van der Waals surface area contributed by atoms with Crippen LogP contribution in [-0.4, -0.2) is 33.1 Å². The van der Waals surface area contributed by atoms with Gasteiger partial charge in [0.25, 0.3) is 5.91 Å². The molecule has 204 valence electrons. The summed E-state index contributed by atoms with van der Waals surface area (Å²) in [5, 5.41) is 3.59. The molecule has 1 aliphatic heterocycles. The number of hydrogen-bond donors (Lipinski definition) is 1. The van der Waals surface area contributed by atoms with Gasteiger partial charge in [-0.25, -0.2) is 0 Å². The predicted octanol–water partition coefficient (Wildman–Crippen LogP) is 6.80. The third kappa shape index (κ3) is 4.96. The van der Waals surface area contributed by atoms with Crippen LogP contribution in [0.5, 0.6) is 17.2 Å². The molecule has 7 nitrogen and oxygen atoms in total. The Morgan fingerprint density at radius 3 is 2.10 bits per heavy atom. The molecule has 40 heavy (non-hydrogen) atoms. The number of fused-ring (bicyclic) bond motifs is 1. The molecule has 4 aromatic rings. The van der Waals surface area contributed by atoms with Crippen molar-refractivity contribution in [1.29, 1.82) is 0 Å². The number of amides is 2. The molecule has 8 heteroatoms. The largest absolute Gasteiger partial charge is 0.497 e. The first-order valence-corrected chi connectivity index (χ1v) is 13.1. The summed E-state index contributed by atoms with van der Waals surface area (Å²) in [6.45, 7) is 1.86. The van der Waals surface area contributed by atoms with E-state index in [2.05, 4.69) is 5.32 Å². The zero-order chi connectivity index (χ0) is 28.4. The lowest BCUT2D eigenvalue weighted by molar-refractivity contribution is -0.118. The van der Waals surface area contributed by atoms with Crippen molar-refractivity contribution >= 4 is 34.8 Å². The van der Waals surface area contributed by atoms with E-state index >= 15 is 0 Å². The summed E-state index contributed by atoms with van der Waals surface area (Å²) in [5.74, 6) is 0.519. The molecule has 0 unspecified atom stereocenters. The van der Waals surface area contributed by atoms with E-state index in [0.717, 1.165) is 11.1 Å². The Morgan fingerprint density at radius 1 is 0.850 bits per heavy atom. The molecule has 0 fully saturated rings. The van der Waals surface area contributed by atoms with Gasteiger partial charge >= 0.3 is 0 Å². The Labute approximate surface area is 238 Å². The molecule has 1 N–H and O–H groups in total. The smallest absolute Gasteiger partial charge is 0.259 e. The third-order valence-electron chi connectivity index (χ3n) is 7.17. The van der Waals surface area contributed by atoms with Gasteiger partial charge in [0.05, 0.1) is 39.0 Å². The number of carbonyl (C=O) groups excluding carboxylic acids is 2. The van der Waals surface area contributed by atoms with Gasteiger partial charge in [0, 0.05) is 22.3 Å². The molecule has 0 bridgehead atoms. The summed E-state index contributed by atoms with van der Waals surface area (Å²) in [6.07, 6.45) is 0. The van der Waals surface area contributed by atoms with Gasteiger partial charge in [-0.15, -0.1) is 0 Å². The van der Waals surface area contributed by atoms with Crippen LogP contribution in [0.25, 0.3) is 0 Å². The first-order valence-electron chi connectivity index (χ1n) is 12.7. The molecule has 0 aliphatic carbocycles. The van der Waals surface area contributed by atoms with Gasteiger partial charge in [0.2, 0.25) is 5.91 Å². The number of hydrogen-bond acceptors (Lipinski definition) is 5. The lowest BCUT2D eigenvalue weighted by atomic mass is 9.78. The number of nitrogens with one attached hydrogen (secondary N) is 1. The van der Waals surface area contributed by atoms with Gasteiger partial charge < -0.3 is 19.5 Å². The van der Waals surface area contributed by atoms with E-state index in [0.29, 0.717) is 44.8 Å². The number of nitrogens with zero attached hydrogens (tertiary/aromatic N) is 1. The Hall–Kier alpha value is -4.49. The van der Waals surface area contributed by atoms with Crippen molar-refractivity contribution in [3.05, 3.63) is 112 Å². The van der Waals surface area contributed by atoms with Crippen LogP contribution in [0.1, 0.15) is 39.0 Å². The fraction of sp³-hybridized carbons (Fsp3) is 0.188. The highest BCUT2D eigenvalue weighted by atomic mass is 35.5. The summed E-state index contributed by atoms with van der Waals surface area (Å²) < 4.78 is 16.2. The second-order valence-electron chi connectivity index (χ2n) is 9.45. The highest BCUT2D eigenvalue weighted by Crippen LogP contribution is 2.46. The van der Waals surface area contributed by atoms with E-state index in [4.69, 9.17) is 25.8 Å². The van der Waals surface area contributed by atoms with Crippen molar-refractivity contribution in [2.75, 3.05) is 31.5 Å². The minimum atomic E-state index is -0.759. The lowest BCUT2D eigenvalue weighted by Crippen LogP contribution is -2.46. The summed E-state index contributed by atoms with van der Waals surface area (Å²) >= 11 is 6.31. The fourth-order valence-electron chi connectivity index (χ4n) is 5.13. The van der Waals surface area contributed by atoms with E-state index in [-0.39, 0.29) is 11.8 Å². The molecule has 1 aliphatic rings. The van der Waals surface area contributed by atoms with Gasteiger partial charge in [-0.1, -0.05) is 41.9 Å². The van der Waals surface area contributed by atoms with Crippen molar-refractivity contribution in [3.63, 3.8) is 0 Å². The van der Waals surface area contributed by atoms with E-state index < -0.39 is 12.0 Å². The van der Waals surface area contributed by atoms with E-state index in [1.165, 1.54) is 7.11 Å². The van der Waals surface area contributed by atoms with Crippen LogP contribution in [0, 0.1) is 6.92 Å². The number of benzene rings is 4. The Kier molecular flexibility index (Phi) is 7.67. The molecule has 0 saturated carbocycles. The maximum absolute atomic E-state index is 14.3. The maximum atomic E-state index is 14.3. The first-order chi connectivity index (χ1) is 19.4. The molecule has 0 radical (unpaired) electrons. The minimum absolute atomic E-state index is 0.203. The van der Waals surface area contributed by atoms with E-state index in [9.17, 15) is 9.59 Å². The standard InChI is InChI=1S/C32H29ClN2O5/c1-19-17-27(28(40-4)18-26(19)33)34-31(36)29-24-7-5-6-8-25(24)32(37)35(21-11-15-23(39-3)16-12-21)30(29)20-9-13-22(38-2)14-10-20/h5-18,29-30H,1-4H3,(H,34,36)/t29-,30-/m0/s1. The first kappa shape index (κ1) is 27.1. The highest BCUT2D eigenvalue weighted by Gasteiger charge is 2.45. The van der Waals surface area contributed by atoms with E-state index in [1.54, 1.807) is 55.5 Å². The summed E-state index contributed by atoms with van der Waals surface area (Å²) in [7, 11) is 4.71. The molecule has 4 aromatic carbocycles. The molecule has 0 aromatic heterocycles. The second kappa shape index (κ2) is 11.3. The van der Waals surface area contributed by atoms with Gasteiger partial charge in [-0.05, 0) is 72.1 Å². The summed E-state index contributed by atoms with van der Waals surface area (Å²) in [5.41, 5.74) is 3.80. The number of rotatable bonds is 7. The number of aryl methyl sites for hydroxylation is 1. The van der Waals surface area contributed by atoms with Gasteiger partial charge in [-0.2, -0.15) is 0 Å². The predicted molar refractivity (Wildman–Crippen MR) is 156 cm³/mol. The SMILES string of the molecule is COc1ccc([C@H]2[C@@H](C(=O)Nc3cc(C)c(Cl)cc3OC)c3ccccc3C(=O)N2c2ccc(OC)cc2)cc1. The normalized spacial score (nSPS) is 16.2. The van der Waals surface area contributed by atoms with Crippen LogP contribution >= 0.6 is 11.6 Å². The van der Waals surface area contributed by atoms with Crippen LogP contribution in [-0.2, 0) is 4.79 Å². The number of anilines is 2. The molecular weight excluding hydrogens is 528 g/mol. The monoisotopic (exact) mass is 556 g/mol. The van der Waals surface area contributed by atoms with Crippen LogP contribution in [0.4, 0.5) is 11.4 Å². The molecule has 0 spiro atoms. The number of halogens is 1. The minimum Gasteiger partial charge on any atom is -0.497 e. The second-order valence-corrected chi connectivity index (χ2v) is 9.85. The van der Waals surface area contributed by atoms with Gasteiger partial charge in [-0.3, -0.25) is 14.5 Å². The number of methoxy groups -OCH3 is 3. The van der Waals surface area contributed by atoms with Gasteiger partial charge in [0.15, 0.2) is 0 Å². The quantitative estimate of drug-likeness (QED) is 0.271. The van der Waals surface area contributed by atoms with Crippen LogP contribution < -0.4 is 24.4 Å². The lowest BCUT2D eigenvalue weighted by Gasteiger charge is -2.42. The Morgan fingerprint density at radius 2 is 1.48 bits per heavy atom. The van der Waals surface area contributed by atoms with Crippen molar-refractivity contribution in [2.24, 2.45) is 0 Å². The van der Waals surface area contributed by atoms with Crippen LogP contribution in [0.3, 0.4) is 0 Å². The van der Waals surface area contributed by atoms with Gasteiger partial charge in [0.1, 0.15) is 17.2 Å². The molecule has 2 amide bonds. The number of carbonyl (C=O) groups is 2. The third-order valence-corrected chi connectivity index (χ3v) is 7.58. The summed E-state index contributed by atoms with van der Waals surface area (Å²) in [4.78, 5) is 30.1. The zero-order valence-electron chi connectivity index (χ0n) is 22.6. The average molecular weight is 557 g/mol. The van der Waals surface area contributed by atoms with Crippen LogP contribution in [0.2, 0.25) is 5.02 Å². The topological polar surface area (TPSA) is 77.1 Å². The Bertz CT molecular complexity index is 1550. The molecule has 2 atom stereocenters. The van der Waals surface area contributed by atoms with Crippen molar-refractivity contribution in [2.45, 2.75) is 18.9 Å². The van der Waals surface area contributed by atoms with Crippen molar-refractivity contribution < 1.29 is 23.8 Å². The van der Waals surface area contributed by atoms with Crippen molar-refractivity contribution in [3.8, 4) is 17.2 Å². The summed E-state index contributed by atoms with van der Waals surface area (Å²) in [6, 6.07) is 24.7. The molecule has 5 rings (SSSR count). The molecule has 1 heterocycles. The zero-order valence-corrected chi connectivity index (χ0v) is 23.4. The molecule has 0 saturated heterocycles. The highest BCUT2D eigenvalue weighted by molar-refractivity contribution is 6.31. The Balaban J connectivity index is 1.69. The molecular formula is C32H29ClN2O5. The van der Waals surface area contributed by atoms with Crippen LogP contribution in [0.15, 0.2) is 84.9 Å². The maximum Gasteiger partial charge on any atom is 0.259 e. The fourth-order valence-corrected chi connectivity index (χ4v) is 5.28.